The molecule has 0 saturated carbocycles. The molecule has 0 aliphatic carbocycles. The Balaban J connectivity index is 1.56. The molecule has 0 spiro atoms. The molecular formula is C23H26N4O3. The van der Waals surface area contributed by atoms with Crippen molar-refractivity contribution in [1.82, 2.24) is 15.1 Å². The Bertz CT molecular complexity index is 1030. The van der Waals surface area contributed by atoms with Gasteiger partial charge in [-0.25, -0.2) is 0 Å². The van der Waals surface area contributed by atoms with E-state index in [1.54, 1.807) is 0 Å². The van der Waals surface area contributed by atoms with Gasteiger partial charge in [-0.05, 0) is 30.4 Å². The molecule has 0 bridgehead atoms. The average Bonchev–Trinajstić information content (AvgIpc) is 3.13. The summed E-state index contributed by atoms with van der Waals surface area (Å²) in [5.74, 6) is -0.496. The van der Waals surface area contributed by atoms with Crippen molar-refractivity contribution in [3.63, 3.8) is 0 Å². The van der Waals surface area contributed by atoms with Gasteiger partial charge < -0.3 is 15.8 Å². The molecule has 0 radical (unpaired) electrons. The van der Waals surface area contributed by atoms with Crippen LogP contribution in [0.4, 0.5) is 0 Å². The van der Waals surface area contributed by atoms with Gasteiger partial charge in [-0.3, -0.25) is 14.3 Å². The zero-order valence-corrected chi connectivity index (χ0v) is 16.8. The van der Waals surface area contributed by atoms with Crippen LogP contribution in [0.2, 0.25) is 0 Å². The highest BCUT2D eigenvalue weighted by atomic mass is 16.5. The summed E-state index contributed by atoms with van der Waals surface area (Å²) in [7, 11) is 0. The van der Waals surface area contributed by atoms with Crippen molar-refractivity contribution in [3.05, 3.63) is 65.9 Å². The molecular weight excluding hydrogens is 380 g/mol. The molecule has 3 N–H and O–H groups in total. The second-order valence-electron chi connectivity index (χ2n) is 7.72. The number of nitrogens with one attached hydrogen (secondary N) is 1. The number of aromatic nitrogens is 2. The third-order valence-corrected chi connectivity index (χ3v) is 5.58. The van der Waals surface area contributed by atoms with Gasteiger partial charge in [0.15, 0.2) is 5.69 Å². The number of carbonyl (C=O) groups is 2. The average molecular weight is 406 g/mol. The van der Waals surface area contributed by atoms with Gasteiger partial charge in [0.1, 0.15) is 6.04 Å². The van der Waals surface area contributed by atoms with Gasteiger partial charge >= 0.3 is 0 Å². The molecule has 2 heterocycles. The number of para-hydroxylation sites is 1. The van der Waals surface area contributed by atoms with Crippen molar-refractivity contribution >= 4 is 22.7 Å². The third kappa shape index (κ3) is 4.52. The molecule has 30 heavy (non-hydrogen) atoms. The number of amides is 2. The highest BCUT2D eigenvalue weighted by Gasteiger charge is 2.24. The van der Waals surface area contributed by atoms with Gasteiger partial charge in [0.25, 0.3) is 5.91 Å². The normalized spacial score (nSPS) is 15.7. The van der Waals surface area contributed by atoms with Crippen LogP contribution in [0.1, 0.15) is 28.9 Å². The van der Waals surface area contributed by atoms with Crippen molar-refractivity contribution in [2.24, 2.45) is 11.7 Å². The number of rotatable bonds is 7. The van der Waals surface area contributed by atoms with E-state index in [4.69, 9.17) is 10.5 Å². The standard InChI is InChI=1S/C23H26N4O3/c24-22(28)19(14-16-6-2-1-3-7-16)25-23(29)21-18-8-4-5-9-20(18)27(26-21)15-17-10-12-30-13-11-17/h1-9,17,19H,10-15H2,(H2,24,28)(H,25,29)/t19-/m0/s1. The van der Waals surface area contributed by atoms with Gasteiger partial charge in [-0.2, -0.15) is 5.10 Å². The van der Waals surface area contributed by atoms with Crippen LogP contribution in [0.3, 0.4) is 0 Å². The SMILES string of the molecule is NC(=O)[C@H](Cc1ccccc1)NC(=O)c1nn(CC2CCOCC2)c2ccccc12. The summed E-state index contributed by atoms with van der Waals surface area (Å²) in [5, 5.41) is 8.16. The largest absolute Gasteiger partial charge is 0.381 e. The molecule has 7 nitrogen and oxygen atoms in total. The van der Waals surface area contributed by atoms with Crippen molar-refractivity contribution in [2.45, 2.75) is 31.8 Å². The quantitative estimate of drug-likeness (QED) is 0.629. The van der Waals surface area contributed by atoms with Crippen molar-refractivity contribution in [3.8, 4) is 0 Å². The minimum atomic E-state index is -0.806. The van der Waals surface area contributed by atoms with Crippen LogP contribution in [-0.4, -0.2) is 40.9 Å². The lowest BCUT2D eigenvalue weighted by Gasteiger charge is -2.22. The lowest BCUT2D eigenvalue weighted by molar-refractivity contribution is -0.119. The first kappa shape index (κ1) is 20.1. The first-order valence-corrected chi connectivity index (χ1v) is 10.3. The van der Waals surface area contributed by atoms with E-state index in [9.17, 15) is 9.59 Å². The summed E-state index contributed by atoms with van der Waals surface area (Å²) in [5.41, 5.74) is 7.72. The molecule has 1 fully saturated rings. The summed E-state index contributed by atoms with van der Waals surface area (Å²) < 4.78 is 7.35. The minimum Gasteiger partial charge on any atom is -0.381 e. The molecule has 1 aromatic heterocycles. The second-order valence-corrected chi connectivity index (χ2v) is 7.72. The summed E-state index contributed by atoms with van der Waals surface area (Å²) >= 11 is 0. The van der Waals surface area contributed by atoms with E-state index in [0.29, 0.717) is 18.0 Å². The molecule has 7 heteroatoms. The lowest BCUT2D eigenvalue weighted by Crippen LogP contribution is -2.46. The third-order valence-electron chi connectivity index (χ3n) is 5.58. The maximum absolute atomic E-state index is 13.1. The topological polar surface area (TPSA) is 99.2 Å². The van der Waals surface area contributed by atoms with Crippen LogP contribution in [0.25, 0.3) is 10.9 Å². The Morgan fingerprint density at radius 1 is 1.10 bits per heavy atom. The van der Waals surface area contributed by atoms with Crippen LogP contribution in [0.5, 0.6) is 0 Å². The fourth-order valence-electron chi connectivity index (χ4n) is 3.91. The van der Waals surface area contributed by atoms with Crippen LogP contribution in [0, 0.1) is 5.92 Å². The van der Waals surface area contributed by atoms with Crippen LogP contribution >= 0.6 is 0 Å². The predicted molar refractivity (Wildman–Crippen MR) is 114 cm³/mol. The van der Waals surface area contributed by atoms with E-state index in [1.165, 1.54) is 0 Å². The molecule has 1 aliphatic rings. The number of benzene rings is 2. The Kier molecular flexibility index (Phi) is 6.09. The van der Waals surface area contributed by atoms with Crippen molar-refractivity contribution in [1.29, 1.82) is 0 Å². The fourth-order valence-corrected chi connectivity index (χ4v) is 3.91. The predicted octanol–water partition coefficient (Wildman–Crippen LogP) is 2.29. The lowest BCUT2D eigenvalue weighted by atomic mass is 10.0. The van der Waals surface area contributed by atoms with Crippen LogP contribution in [0.15, 0.2) is 54.6 Å². The number of nitrogens with two attached hydrogens (primary N) is 1. The first-order valence-electron chi connectivity index (χ1n) is 10.3. The Labute approximate surface area is 175 Å². The summed E-state index contributed by atoms with van der Waals surface area (Å²) in [4.78, 5) is 25.0. The number of nitrogens with zero attached hydrogens (tertiary/aromatic N) is 2. The highest BCUT2D eigenvalue weighted by molar-refractivity contribution is 6.06. The molecule has 1 saturated heterocycles. The van der Waals surface area contributed by atoms with Gasteiger partial charge in [-0.1, -0.05) is 48.5 Å². The van der Waals surface area contributed by atoms with Gasteiger partial charge in [0.05, 0.1) is 5.52 Å². The summed E-state index contributed by atoms with van der Waals surface area (Å²) in [6.07, 6.45) is 2.30. The number of primary amides is 1. The van der Waals surface area contributed by atoms with E-state index in [0.717, 1.165) is 49.1 Å². The minimum absolute atomic E-state index is 0.317. The zero-order chi connectivity index (χ0) is 20.9. The van der Waals surface area contributed by atoms with Crippen molar-refractivity contribution in [2.75, 3.05) is 13.2 Å². The second kappa shape index (κ2) is 9.09. The Morgan fingerprint density at radius 3 is 2.53 bits per heavy atom. The van der Waals surface area contributed by atoms with Crippen LogP contribution in [-0.2, 0) is 22.5 Å². The maximum atomic E-state index is 13.1. The number of hydrogen-bond donors (Lipinski definition) is 2. The molecule has 4 rings (SSSR count). The number of hydrogen-bond acceptors (Lipinski definition) is 4. The van der Waals surface area contributed by atoms with E-state index in [-0.39, 0.29) is 0 Å². The highest BCUT2D eigenvalue weighted by Crippen LogP contribution is 2.23. The molecule has 2 amide bonds. The van der Waals surface area contributed by atoms with E-state index < -0.39 is 17.9 Å². The fraction of sp³-hybridized carbons (Fsp3) is 0.348. The number of carbonyl (C=O) groups excluding carboxylic acids is 2. The Hall–Kier alpha value is -3.19. The summed E-state index contributed by atoms with van der Waals surface area (Å²) in [6, 6.07) is 16.4. The zero-order valence-electron chi connectivity index (χ0n) is 16.8. The van der Waals surface area contributed by atoms with Gasteiger partial charge in [-0.15, -0.1) is 0 Å². The van der Waals surface area contributed by atoms with Gasteiger partial charge in [0.2, 0.25) is 5.91 Å². The molecule has 0 unspecified atom stereocenters. The molecule has 1 atom stereocenters. The van der Waals surface area contributed by atoms with Crippen molar-refractivity contribution < 1.29 is 14.3 Å². The molecule has 2 aromatic carbocycles. The number of ether oxygens (including phenoxy) is 1. The molecule has 156 valence electrons. The first-order chi connectivity index (χ1) is 14.6. The smallest absolute Gasteiger partial charge is 0.273 e. The number of fused-ring (bicyclic) bond motifs is 1. The molecule has 3 aromatic rings. The van der Waals surface area contributed by atoms with E-state index in [2.05, 4.69) is 10.4 Å². The van der Waals surface area contributed by atoms with Gasteiger partial charge in [0, 0.05) is 31.6 Å². The van der Waals surface area contributed by atoms with E-state index in [1.807, 2.05) is 59.3 Å². The Morgan fingerprint density at radius 2 is 1.80 bits per heavy atom. The molecule has 1 aliphatic heterocycles. The monoisotopic (exact) mass is 406 g/mol. The maximum Gasteiger partial charge on any atom is 0.273 e. The summed E-state index contributed by atoms with van der Waals surface area (Å²) in [6.45, 7) is 2.26. The van der Waals surface area contributed by atoms with Crippen LogP contribution < -0.4 is 11.1 Å². The van der Waals surface area contributed by atoms with E-state index >= 15 is 0 Å².